The summed E-state index contributed by atoms with van der Waals surface area (Å²) in [7, 11) is -8.90. The van der Waals surface area contributed by atoms with Crippen LogP contribution in [-0.4, -0.2) is 27.7 Å². The molecule has 0 aromatic heterocycles. The third kappa shape index (κ3) is 2.79. The van der Waals surface area contributed by atoms with Gasteiger partial charge in [0.1, 0.15) is 0 Å². The second kappa shape index (κ2) is 5.27. The summed E-state index contributed by atoms with van der Waals surface area (Å²) in [4.78, 5) is 0. The maximum absolute atomic E-state index is 12.9. The summed E-state index contributed by atoms with van der Waals surface area (Å²) in [6.45, 7) is 6.70. The number of alkyl halides is 3. The van der Waals surface area contributed by atoms with E-state index in [2.05, 4.69) is 0 Å². The van der Waals surface area contributed by atoms with E-state index in [0.29, 0.717) is 16.2 Å². The van der Waals surface area contributed by atoms with E-state index in [0.717, 1.165) is 0 Å². The molecule has 1 aliphatic rings. The van der Waals surface area contributed by atoms with E-state index in [4.69, 9.17) is 8.49 Å². The topological polar surface area (TPSA) is 52.6 Å². The first kappa shape index (κ1) is 19.4. The molecule has 0 unspecified atom stereocenters. The molecule has 1 aromatic carbocycles. The van der Waals surface area contributed by atoms with Crippen molar-refractivity contribution < 1.29 is 30.1 Å². The van der Waals surface area contributed by atoms with Gasteiger partial charge in [0.15, 0.2) is 0 Å². The Morgan fingerprint density at radius 3 is 1.92 bits per heavy atom. The van der Waals surface area contributed by atoms with Gasteiger partial charge in [-0.1, -0.05) is 0 Å². The molecule has 0 N–H and O–H groups in total. The predicted octanol–water partition coefficient (Wildman–Crippen LogP) is 4.94. The number of hydrogen-bond acceptors (Lipinski definition) is 4. The number of rotatable bonds is 4. The number of benzene rings is 1. The Hall–Kier alpha value is -0.950. The molecule has 0 saturated carbocycles. The summed E-state index contributed by atoms with van der Waals surface area (Å²) in [6.07, 6.45) is 0. The average molecular weight is 384 g/mol. The van der Waals surface area contributed by atoms with Crippen LogP contribution in [-0.2, 0) is 18.6 Å². The van der Waals surface area contributed by atoms with Gasteiger partial charge < -0.3 is 0 Å². The van der Waals surface area contributed by atoms with Crippen molar-refractivity contribution in [2.24, 2.45) is 5.41 Å². The van der Waals surface area contributed by atoms with Gasteiger partial charge in [-0.25, -0.2) is 0 Å². The van der Waals surface area contributed by atoms with E-state index in [1.54, 1.807) is 51.1 Å². The molecule has 0 amide bonds. The van der Waals surface area contributed by atoms with Crippen LogP contribution in [0.3, 0.4) is 0 Å². The number of allylic oxidation sites excluding steroid dienone is 1. The zero-order valence-electron chi connectivity index (χ0n) is 14.0. The molecule has 0 bridgehead atoms. The first-order valence-corrected chi connectivity index (χ1v) is 11.0. The Morgan fingerprint density at radius 2 is 1.54 bits per heavy atom. The van der Waals surface area contributed by atoms with Gasteiger partial charge in [0.25, 0.3) is 0 Å². The number of hydrogen-bond donors (Lipinski definition) is 0. The van der Waals surface area contributed by atoms with Crippen LogP contribution in [0.2, 0.25) is 0 Å². The van der Waals surface area contributed by atoms with Crippen LogP contribution >= 0.6 is 7.06 Å². The van der Waals surface area contributed by atoms with Crippen molar-refractivity contribution >= 4 is 22.5 Å². The summed E-state index contributed by atoms with van der Waals surface area (Å²) in [5.74, 6) is 0. The van der Waals surface area contributed by atoms with Gasteiger partial charge in [0.05, 0.1) is 0 Å². The van der Waals surface area contributed by atoms with Crippen molar-refractivity contribution in [1.29, 1.82) is 0 Å². The summed E-state index contributed by atoms with van der Waals surface area (Å²) < 4.78 is 72.3. The summed E-state index contributed by atoms with van der Waals surface area (Å²) in [5, 5.41) is 0.902. The quantitative estimate of drug-likeness (QED) is 0.545. The molecule has 0 radical (unpaired) electrons. The van der Waals surface area contributed by atoms with Crippen LogP contribution < -0.4 is 0 Å². The fourth-order valence-corrected chi connectivity index (χ4v) is 10.6. The summed E-state index contributed by atoms with van der Waals surface area (Å²) in [6, 6.07) is 8.59. The van der Waals surface area contributed by atoms with Crippen LogP contribution in [0, 0.1) is 5.41 Å². The van der Waals surface area contributed by atoms with Crippen molar-refractivity contribution in [2.75, 3.05) is 13.8 Å². The normalized spacial score (nSPS) is 21.9. The molecule has 1 aromatic rings. The van der Waals surface area contributed by atoms with E-state index < -0.39 is 28.1 Å². The zero-order valence-corrected chi connectivity index (χ0v) is 15.7. The Bertz CT molecular complexity index is 796. The fraction of sp³-hybridized carbons (Fsp3) is 0.467. The van der Waals surface area contributed by atoms with Crippen LogP contribution in [0.4, 0.5) is 13.2 Å². The van der Waals surface area contributed by atoms with Crippen molar-refractivity contribution in [3.63, 3.8) is 0 Å². The minimum atomic E-state index is -5.81. The fourth-order valence-electron chi connectivity index (χ4n) is 3.11. The first-order chi connectivity index (χ1) is 10.7. The van der Waals surface area contributed by atoms with E-state index in [1.165, 1.54) is 13.8 Å². The molecule has 136 valence electrons. The SMILES string of the molecule is COP1(C)(OS(=O)(=O)C(F)(F)F)C(c2ccccc2)=C1C(C)(C)C. The molecular weight excluding hydrogens is 364 g/mol. The van der Waals surface area contributed by atoms with Gasteiger partial charge in [-0.05, 0) is 0 Å². The van der Waals surface area contributed by atoms with Crippen LogP contribution in [0.15, 0.2) is 35.6 Å². The van der Waals surface area contributed by atoms with E-state index >= 15 is 0 Å². The van der Waals surface area contributed by atoms with Gasteiger partial charge in [-0.15, -0.1) is 0 Å². The van der Waals surface area contributed by atoms with Gasteiger partial charge in [-0.2, -0.15) is 0 Å². The molecule has 4 nitrogen and oxygen atoms in total. The summed E-state index contributed by atoms with van der Waals surface area (Å²) in [5.41, 5.74) is -5.53. The molecular formula is C15H20F3O4PS. The Balaban J connectivity index is 2.65. The van der Waals surface area contributed by atoms with Crippen molar-refractivity contribution in [3.8, 4) is 0 Å². The van der Waals surface area contributed by atoms with Crippen LogP contribution in [0.1, 0.15) is 26.3 Å². The Morgan fingerprint density at radius 1 is 1.04 bits per heavy atom. The van der Waals surface area contributed by atoms with Gasteiger partial charge in [0, 0.05) is 0 Å². The zero-order chi connectivity index (χ0) is 18.6. The van der Waals surface area contributed by atoms with Crippen molar-refractivity contribution in [2.45, 2.75) is 26.3 Å². The predicted molar refractivity (Wildman–Crippen MR) is 88.7 cm³/mol. The van der Waals surface area contributed by atoms with Crippen LogP contribution in [0.5, 0.6) is 0 Å². The third-order valence-corrected chi connectivity index (χ3v) is 10.9. The molecule has 24 heavy (non-hydrogen) atoms. The van der Waals surface area contributed by atoms with E-state index in [9.17, 15) is 21.6 Å². The Kier molecular flexibility index (Phi) is 4.26. The molecule has 0 spiro atoms. The van der Waals surface area contributed by atoms with Crippen molar-refractivity contribution in [1.82, 2.24) is 0 Å². The molecule has 0 atom stereocenters. The standard InChI is InChI=1S/C15H20F3O4PS/c1-14(2,3)13-12(11-9-7-6-8-10-11)23(13,5,21-4)22-24(19,20)15(16,17)18/h6-10H,1-5H3. The van der Waals surface area contributed by atoms with Gasteiger partial charge in [0.2, 0.25) is 0 Å². The molecule has 0 saturated heterocycles. The van der Waals surface area contributed by atoms with Gasteiger partial charge >= 0.3 is 139 Å². The average Bonchev–Trinajstić information content (AvgIpc) is 3.00. The third-order valence-electron chi connectivity index (χ3n) is 3.97. The minimum absolute atomic E-state index is 0.421. The molecule has 2 rings (SSSR count). The van der Waals surface area contributed by atoms with Gasteiger partial charge in [-0.3, -0.25) is 0 Å². The molecule has 1 aliphatic heterocycles. The van der Waals surface area contributed by atoms with Crippen LogP contribution in [0.25, 0.3) is 5.31 Å². The molecule has 0 aliphatic carbocycles. The Labute approximate surface area is 139 Å². The summed E-state index contributed by atoms with van der Waals surface area (Å²) >= 11 is 0. The molecule has 1 heterocycles. The maximum atomic E-state index is 12.9. The monoisotopic (exact) mass is 384 g/mol. The first-order valence-electron chi connectivity index (χ1n) is 7.10. The van der Waals surface area contributed by atoms with Crippen molar-refractivity contribution in [3.05, 3.63) is 41.2 Å². The van der Waals surface area contributed by atoms with E-state index in [-0.39, 0.29) is 0 Å². The second-order valence-electron chi connectivity index (χ2n) is 6.83. The molecule has 0 fully saturated rings. The molecule has 9 heteroatoms. The second-order valence-corrected chi connectivity index (χ2v) is 12.8. The number of halogens is 3. The van der Waals surface area contributed by atoms with E-state index in [1.807, 2.05) is 0 Å².